The summed E-state index contributed by atoms with van der Waals surface area (Å²) < 4.78 is 13.2. The number of nitrogens with zero attached hydrogens (tertiary/aromatic N) is 4. The molecule has 0 unspecified atom stereocenters. The lowest BCUT2D eigenvalue weighted by Crippen LogP contribution is -2.31. The molecule has 0 spiro atoms. The standard InChI is InChI=1S/C19H18N4O2S/c1-19(2)8-12-14(9-25-19)26-18-15(12)17-21-16(22-23(17)10-20-18)11-6-4-5-7-13(11)24-3/h4-7,10H,8-9H2,1-3H3. The van der Waals surface area contributed by atoms with Gasteiger partial charge >= 0.3 is 0 Å². The van der Waals surface area contributed by atoms with Crippen LogP contribution in [-0.2, 0) is 17.8 Å². The molecule has 132 valence electrons. The first-order valence-electron chi connectivity index (χ1n) is 8.49. The first kappa shape index (κ1) is 15.7. The number of methoxy groups -OCH3 is 1. The van der Waals surface area contributed by atoms with Gasteiger partial charge in [0.1, 0.15) is 16.9 Å². The zero-order chi connectivity index (χ0) is 17.9. The lowest BCUT2D eigenvalue weighted by atomic mass is 9.94. The van der Waals surface area contributed by atoms with Gasteiger partial charge in [-0.3, -0.25) is 0 Å². The average molecular weight is 366 g/mol. The van der Waals surface area contributed by atoms with E-state index >= 15 is 0 Å². The van der Waals surface area contributed by atoms with Gasteiger partial charge in [-0.1, -0.05) is 12.1 Å². The number of aromatic nitrogens is 4. The van der Waals surface area contributed by atoms with Crippen LogP contribution in [0.25, 0.3) is 27.3 Å². The van der Waals surface area contributed by atoms with Gasteiger partial charge in [-0.2, -0.15) is 0 Å². The van der Waals surface area contributed by atoms with E-state index in [2.05, 4.69) is 23.9 Å². The maximum Gasteiger partial charge on any atom is 0.185 e. The van der Waals surface area contributed by atoms with E-state index in [4.69, 9.17) is 14.5 Å². The fourth-order valence-electron chi connectivity index (χ4n) is 3.49. The summed E-state index contributed by atoms with van der Waals surface area (Å²) in [6.45, 7) is 4.87. The third-order valence-corrected chi connectivity index (χ3v) is 5.87. The molecule has 3 aromatic heterocycles. The number of benzene rings is 1. The third-order valence-electron chi connectivity index (χ3n) is 4.76. The number of hydrogen-bond acceptors (Lipinski definition) is 6. The first-order valence-corrected chi connectivity index (χ1v) is 9.30. The van der Waals surface area contributed by atoms with E-state index in [0.717, 1.165) is 33.6 Å². The Bertz CT molecular complexity index is 1150. The van der Waals surface area contributed by atoms with Crippen LogP contribution in [0, 0.1) is 0 Å². The minimum absolute atomic E-state index is 0.181. The van der Waals surface area contributed by atoms with Crippen LogP contribution in [-0.4, -0.2) is 32.3 Å². The van der Waals surface area contributed by atoms with E-state index in [1.807, 2.05) is 24.3 Å². The van der Waals surface area contributed by atoms with E-state index in [0.29, 0.717) is 12.4 Å². The van der Waals surface area contributed by atoms with Crippen molar-refractivity contribution >= 4 is 27.2 Å². The molecule has 0 radical (unpaired) electrons. The molecule has 1 aliphatic rings. The van der Waals surface area contributed by atoms with Gasteiger partial charge < -0.3 is 9.47 Å². The minimum atomic E-state index is -0.181. The Morgan fingerprint density at radius 2 is 2.12 bits per heavy atom. The van der Waals surface area contributed by atoms with Crippen molar-refractivity contribution in [2.24, 2.45) is 0 Å². The second kappa shape index (κ2) is 5.49. The zero-order valence-corrected chi connectivity index (χ0v) is 15.6. The lowest BCUT2D eigenvalue weighted by molar-refractivity contribution is -0.0379. The number of rotatable bonds is 2. The molecule has 0 bridgehead atoms. The van der Waals surface area contributed by atoms with Crippen molar-refractivity contribution in [1.29, 1.82) is 0 Å². The van der Waals surface area contributed by atoms with E-state index in [1.165, 1.54) is 10.4 Å². The fraction of sp³-hybridized carbons (Fsp3) is 0.316. The molecule has 0 saturated heterocycles. The third kappa shape index (κ3) is 2.31. The van der Waals surface area contributed by atoms with Gasteiger partial charge in [-0.05, 0) is 31.5 Å². The maximum atomic E-state index is 5.96. The van der Waals surface area contributed by atoms with E-state index in [-0.39, 0.29) is 5.60 Å². The Morgan fingerprint density at radius 1 is 1.27 bits per heavy atom. The van der Waals surface area contributed by atoms with Crippen molar-refractivity contribution in [2.75, 3.05) is 7.11 Å². The number of thiophene rings is 1. The normalized spacial score (nSPS) is 16.1. The molecule has 0 amide bonds. The summed E-state index contributed by atoms with van der Waals surface area (Å²) in [6, 6.07) is 7.79. The first-order chi connectivity index (χ1) is 12.6. The summed E-state index contributed by atoms with van der Waals surface area (Å²) in [5.41, 5.74) is 2.82. The minimum Gasteiger partial charge on any atom is -0.496 e. The van der Waals surface area contributed by atoms with E-state index in [9.17, 15) is 0 Å². The van der Waals surface area contributed by atoms with Crippen molar-refractivity contribution in [1.82, 2.24) is 19.6 Å². The van der Waals surface area contributed by atoms with Crippen molar-refractivity contribution in [2.45, 2.75) is 32.5 Å². The Hall–Kier alpha value is -2.51. The van der Waals surface area contributed by atoms with Crippen LogP contribution in [0.15, 0.2) is 30.6 Å². The van der Waals surface area contributed by atoms with Gasteiger partial charge in [-0.25, -0.2) is 14.5 Å². The predicted molar refractivity (Wildman–Crippen MR) is 101 cm³/mol. The quantitative estimate of drug-likeness (QED) is 0.539. The maximum absolute atomic E-state index is 5.96. The van der Waals surface area contributed by atoms with Gasteiger partial charge in [0.2, 0.25) is 0 Å². The highest BCUT2D eigenvalue weighted by molar-refractivity contribution is 7.19. The summed E-state index contributed by atoms with van der Waals surface area (Å²) in [7, 11) is 1.66. The average Bonchev–Trinajstić information content (AvgIpc) is 3.21. The van der Waals surface area contributed by atoms with Crippen LogP contribution in [0.2, 0.25) is 0 Å². The van der Waals surface area contributed by atoms with Crippen LogP contribution in [0.1, 0.15) is 24.3 Å². The molecule has 5 rings (SSSR count). The summed E-state index contributed by atoms with van der Waals surface area (Å²) in [4.78, 5) is 11.7. The van der Waals surface area contributed by atoms with Crippen LogP contribution in [0.5, 0.6) is 5.75 Å². The molecule has 6 nitrogen and oxygen atoms in total. The second-order valence-electron chi connectivity index (χ2n) is 7.06. The zero-order valence-electron chi connectivity index (χ0n) is 14.8. The second-order valence-corrected chi connectivity index (χ2v) is 8.14. The van der Waals surface area contributed by atoms with Crippen LogP contribution >= 0.6 is 11.3 Å². The molecule has 0 atom stereocenters. The van der Waals surface area contributed by atoms with Gasteiger partial charge in [0.05, 0.1) is 30.3 Å². The number of fused-ring (bicyclic) bond motifs is 5. The molecule has 1 aromatic carbocycles. The fourth-order valence-corrected chi connectivity index (χ4v) is 4.55. The van der Waals surface area contributed by atoms with Gasteiger partial charge in [0, 0.05) is 11.3 Å². The number of para-hydroxylation sites is 1. The monoisotopic (exact) mass is 366 g/mol. The molecule has 7 heteroatoms. The summed E-state index contributed by atoms with van der Waals surface area (Å²) >= 11 is 1.69. The smallest absolute Gasteiger partial charge is 0.185 e. The highest BCUT2D eigenvalue weighted by Crippen LogP contribution is 2.40. The van der Waals surface area contributed by atoms with Gasteiger partial charge in [-0.15, -0.1) is 16.4 Å². The van der Waals surface area contributed by atoms with Crippen LogP contribution in [0.4, 0.5) is 0 Å². The van der Waals surface area contributed by atoms with Crippen molar-refractivity contribution in [3.63, 3.8) is 0 Å². The highest BCUT2D eigenvalue weighted by Gasteiger charge is 2.30. The summed E-state index contributed by atoms with van der Waals surface area (Å²) in [5.74, 6) is 1.40. The summed E-state index contributed by atoms with van der Waals surface area (Å²) in [5, 5.41) is 5.74. The molecule has 0 aliphatic carbocycles. The van der Waals surface area contributed by atoms with Crippen LogP contribution in [0.3, 0.4) is 0 Å². The molecule has 4 aromatic rings. The Labute approximate surface area is 154 Å². The molecule has 1 aliphatic heterocycles. The Morgan fingerprint density at radius 3 is 2.96 bits per heavy atom. The molecule has 4 heterocycles. The molecule has 26 heavy (non-hydrogen) atoms. The molecule has 0 saturated carbocycles. The van der Waals surface area contributed by atoms with Crippen molar-refractivity contribution in [3.8, 4) is 17.1 Å². The highest BCUT2D eigenvalue weighted by atomic mass is 32.1. The predicted octanol–water partition coefficient (Wildman–Crippen LogP) is 3.87. The molecule has 0 N–H and O–H groups in total. The molecular formula is C19H18N4O2S. The number of hydrogen-bond donors (Lipinski definition) is 0. The van der Waals surface area contributed by atoms with E-state index in [1.54, 1.807) is 29.3 Å². The Kier molecular flexibility index (Phi) is 3.32. The number of ether oxygens (including phenoxy) is 2. The van der Waals surface area contributed by atoms with Crippen molar-refractivity contribution in [3.05, 3.63) is 41.0 Å². The lowest BCUT2D eigenvalue weighted by Gasteiger charge is -2.30. The van der Waals surface area contributed by atoms with Crippen molar-refractivity contribution < 1.29 is 9.47 Å². The SMILES string of the molecule is COc1ccccc1-c1nc2c3c4c(sc3ncn2n1)COC(C)(C)C4. The van der Waals surface area contributed by atoms with Gasteiger partial charge in [0.15, 0.2) is 11.5 Å². The largest absolute Gasteiger partial charge is 0.496 e. The molecular weight excluding hydrogens is 348 g/mol. The van der Waals surface area contributed by atoms with Crippen LogP contribution < -0.4 is 4.74 Å². The van der Waals surface area contributed by atoms with Gasteiger partial charge in [0.25, 0.3) is 0 Å². The Balaban J connectivity index is 1.76. The molecule has 0 fully saturated rings. The topological polar surface area (TPSA) is 61.5 Å². The van der Waals surface area contributed by atoms with E-state index < -0.39 is 0 Å². The summed E-state index contributed by atoms with van der Waals surface area (Å²) in [6.07, 6.45) is 2.58.